The number of benzene rings is 1. The van der Waals surface area contributed by atoms with Gasteiger partial charge in [0.25, 0.3) is 0 Å². The van der Waals surface area contributed by atoms with Crippen molar-refractivity contribution in [3.05, 3.63) is 47.5 Å². The van der Waals surface area contributed by atoms with Gasteiger partial charge < -0.3 is 9.73 Å². The van der Waals surface area contributed by atoms with Crippen LogP contribution in [0.3, 0.4) is 0 Å². The minimum Gasteiger partial charge on any atom is -0.424 e. The molecule has 1 aliphatic carbocycles. The number of aromatic nitrogens is 1. The summed E-state index contributed by atoms with van der Waals surface area (Å²) in [6, 6.07) is 12.4. The van der Waals surface area contributed by atoms with Crippen molar-refractivity contribution in [2.24, 2.45) is 0 Å². The molecule has 4 nitrogen and oxygen atoms in total. The maximum absolute atomic E-state index is 8.94. The second-order valence-corrected chi connectivity index (χ2v) is 4.45. The molecule has 0 aliphatic heterocycles. The fourth-order valence-electron chi connectivity index (χ4n) is 2.28. The zero-order valence-electron chi connectivity index (χ0n) is 10.1. The smallest absolute Gasteiger partial charge is 0.231 e. The molecule has 0 unspecified atom stereocenters. The zero-order chi connectivity index (χ0) is 12.5. The highest BCUT2D eigenvalue weighted by Crippen LogP contribution is 2.54. The first kappa shape index (κ1) is 10.8. The van der Waals surface area contributed by atoms with Gasteiger partial charge in [0.15, 0.2) is 0 Å². The molecular formula is C14H13N3O. The molecule has 90 valence electrons. The first-order valence-electron chi connectivity index (χ1n) is 5.97. The van der Waals surface area contributed by atoms with Crippen LogP contribution in [0.1, 0.15) is 35.4 Å². The topological polar surface area (TPSA) is 61.9 Å². The molecule has 18 heavy (non-hydrogen) atoms. The summed E-state index contributed by atoms with van der Waals surface area (Å²) < 4.78 is 5.59. The number of oxazole rings is 1. The molecule has 1 fully saturated rings. The van der Waals surface area contributed by atoms with Crippen LogP contribution >= 0.6 is 0 Å². The third kappa shape index (κ3) is 1.74. The van der Waals surface area contributed by atoms with Gasteiger partial charge in [-0.15, -0.1) is 0 Å². The normalized spacial score (nSPS) is 21.3. The predicted molar refractivity (Wildman–Crippen MR) is 67.3 cm³/mol. The van der Waals surface area contributed by atoms with E-state index in [0.717, 1.165) is 6.42 Å². The molecule has 1 aromatic heterocycles. The van der Waals surface area contributed by atoms with E-state index < -0.39 is 0 Å². The van der Waals surface area contributed by atoms with Crippen LogP contribution in [0, 0.1) is 11.3 Å². The third-order valence-electron chi connectivity index (χ3n) is 3.31. The average molecular weight is 239 g/mol. The summed E-state index contributed by atoms with van der Waals surface area (Å²) in [6.45, 7) is 0. The lowest BCUT2D eigenvalue weighted by Crippen LogP contribution is -1.87. The molecule has 1 aliphatic rings. The Bertz CT molecular complexity index is 597. The van der Waals surface area contributed by atoms with E-state index in [-0.39, 0.29) is 0 Å². The molecule has 2 atom stereocenters. The summed E-state index contributed by atoms with van der Waals surface area (Å²) in [4.78, 5) is 4.25. The van der Waals surface area contributed by atoms with Gasteiger partial charge in [-0.25, -0.2) is 4.98 Å². The summed E-state index contributed by atoms with van der Waals surface area (Å²) in [5.74, 6) is 1.92. The zero-order valence-corrected chi connectivity index (χ0v) is 10.1. The molecule has 0 bridgehead atoms. The van der Waals surface area contributed by atoms with Crippen molar-refractivity contribution in [2.75, 3.05) is 12.4 Å². The van der Waals surface area contributed by atoms with Crippen molar-refractivity contribution < 1.29 is 4.42 Å². The number of nitriles is 1. The Hall–Kier alpha value is -2.28. The van der Waals surface area contributed by atoms with Gasteiger partial charge in [0, 0.05) is 13.0 Å². The van der Waals surface area contributed by atoms with Crippen molar-refractivity contribution in [3.8, 4) is 6.07 Å². The Balaban J connectivity index is 1.83. The Morgan fingerprint density at radius 3 is 2.72 bits per heavy atom. The van der Waals surface area contributed by atoms with Crippen molar-refractivity contribution >= 4 is 5.88 Å². The van der Waals surface area contributed by atoms with Gasteiger partial charge in [-0.1, -0.05) is 30.3 Å². The number of anilines is 1. The third-order valence-corrected chi connectivity index (χ3v) is 3.31. The van der Waals surface area contributed by atoms with Crippen LogP contribution in [0.4, 0.5) is 5.88 Å². The molecule has 0 radical (unpaired) electrons. The Morgan fingerprint density at radius 1 is 1.33 bits per heavy atom. The second kappa shape index (κ2) is 4.19. The lowest BCUT2D eigenvalue weighted by atomic mass is 10.1. The van der Waals surface area contributed by atoms with E-state index in [1.807, 2.05) is 24.3 Å². The molecule has 1 aromatic carbocycles. The number of nitrogens with zero attached hydrogens (tertiary/aromatic N) is 2. The van der Waals surface area contributed by atoms with Crippen LogP contribution in [-0.2, 0) is 0 Å². The van der Waals surface area contributed by atoms with E-state index in [4.69, 9.17) is 9.68 Å². The summed E-state index contributed by atoms with van der Waals surface area (Å²) in [5, 5.41) is 11.8. The Morgan fingerprint density at radius 2 is 2.11 bits per heavy atom. The van der Waals surface area contributed by atoms with Crippen molar-refractivity contribution in [1.29, 1.82) is 5.26 Å². The van der Waals surface area contributed by atoms with Gasteiger partial charge >= 0.3 is 0 Å². The van der Waals surface area contributed by atoms with Gasteiger partial charge in [-0.3, -0.25) is 0 Å². The van der Waals surface area contributed by atoms with Gasteiger partial charge in [0.05, 0.1) is 0 Å². The standard InChI is InChI=1S/C14H13N3O/c1-16-14-12(8-15)17-13(18-14)11-7-10(11)9-5-3-2-4-6-9/h2-6,10-11,16H,7H2,1H3/t10-,11-/m0/s1. The molecule has 1 heterocycles. The van der Waals surface area contributed by atoms with Crippen LogP contribution in [0.25, 0.3) is 0 Å². The second-order valence-electron chi connectivity index (χ2n) is 4.45. The molecule has 1 N–H and O–H groups in total. The minimum atomic E-state index is 0.307. The van der Waals surface area contributed by atoms with Crippen LogP contribution in [0.15, 0.2) is 34.7 Å². The summed E-state index contributed by atoms with van der Waals surface area (Å²) in [7, 11) is 1.73. The average Bonchev–Trinajstić information content (AvgIpc) is 3.12. The molecular weight excluding hydrogens is 226 g/mol. The fraction of sp³-hybridized carbons (Fsp3) is 0.286. The predicted octanol–water partition coefficient (Wildman–Crippen LogP) is 2.86. The summed E-state index contributed by atoms with van der Waals surface area (Å²) in [5.41, 5.74) is 1.65. The number of hydrogen-bond donors (Lipinski definition) is 1. The lowest BCUT2D eigenvalue weighted by molar-refractivity contribution is 0.507. The van der Waals surface area contributed by atoms with E-state index in [0.29, 0.717) is 29.3 Å². The van der Waals surface area contributed by atoms with Gasteiger partial charge in [0.1, 0.15) is 6.07 Å². The molecule has 2 aromatic rings. The molecule has 0 amide bonds. The van der Waals surface area contributed by atoms with Crippen LogP contribution < -0.4 is 5.32 Å². The lowest BCUT2D eigenvalue weighted by Gasteiger charge is -1.97. The highest BCUT2D eigenvalue weighted by molar-refractivity contribution is 5.46. The van der Waals surface area contributed by atoms with E-state index in [1.54, 1.807) is 7.05 Å². The minimum absolute atomic E-state index is 0.307. The maximum Gasteiger partial charge on any atom is 0.231 e. The van der Waals surface area contributed by atoms with Crippen LogP contribution in [0.5, 0.6) is 0 Å². The van der Waals surface area contributed by atoms with Gasteiger partial charge in [-0.05, 0) is 17.9 Å². The maximum atomic E-state index is 8.94. The van der Waals surface area contributed by atoms with Gasteiger partial charge in [-0.2, -0.15) is 5.26 Å². The van der Waals surface area contributed by atoms with Crippen molar-refractivity contribution in [1.82, 2.24) is 4.98 Å². The highest BCUT2D eigenvalue weighted by atomic mass is 16.4. The van der Waals surface area contributed by atoms with E-state index in [9.17, 15) is 0 Å². The van der Waals surface area contributed by atoms with Crippen LogP contribution in [0.2, 0.25) is 0 Å². The number of nitrogens with one attached hydrogen (secondary N) is 1. The molecule has 4 heteroatoms. The summed E-state index contributed by atoms with van der Waals surface area (Å²) in [6.07, 6.45) is 1.04. The van der Waals surface area contributed by atoms with E-state index >= 15 is 0 Å². The monoisotopic (exact) mass is 239 g/mol. The molecule has 1 saturated carbocycles. The highest BCUT2D eigenvalue weighted by Gasteiger charge is 2.43. The SMILES string of the molecule is CNc1oc([C@H]2C[C@H]2c2ccccc2)nc1C#N. The molecule has 3 rings (SSSR count). The molecule has 0 saturated heterocycles. The van der Waals surface area contributed by atoms with E-state index in [1.165, 1.54) is 5.56 Å². The van der Waals surface area contributed by atoms with Crippen molar-refractivity contribution in [3.63, 3.8) is 0 Å². The quantitative estimate of drug-likeness (QED) is 0.894. The Labute approximate surface area is 105 Å². The van der Waals surface area contributed by atoms with Gasteiger partial charge in [0.2, 0.25) is 17.5 Å². The molecule has 0 spiro atoms. The Kier molecular flexibility index (Phi) is 2.52. The van der Waals surface area contributed by atoms with Crippen molar-refractivity contribution in [2.45, 2.75) is 18.3 Å². The first-order chi connectivity index (χ1) is 8.83. The fourth-order valence-corrected chi connectivity index (χ4v) is 2.28. The number of hydrogen-bond acceptors (Lipinski definition) is 4. The van der Waals surface area contributed by atoms with Crippen LogP contribution in [-0.4, -0.2) is 12.0 Å². The first-order valence-corrected chi connectivity index (χ1v) is 5.97. The summed E-state index contributed by atoms with van der Waals surface area (Å²) >= 11 is 0. The largest absolute Gasteiger partial charge is 0.424 e. The number of rotatable bonds is 3. The van der Waals surface area contributed by atoms with E-state index in [2.05, 4.69) is 22.4 Å².